The number of nitrogens with zero attached hydrogens (tertiary/aromatic N) is 3. The highest BCUT2D eigenvalue weighted by Gasteiger charge is 2.27. The van der Waals surface area contributed by atoms with E-state index >= 15 is 0 Å². The number of pyridine rings is 1. The number of anilines is 1. The predicted octanol–water partition coefficient (Wildman–Crippen LogP) is 3.86. The molecule has 1 aliphatic heterocycles. The standard InChI is InChI=1S/C25H25N5O3S/c1-33-21-5-3-2-4-18(21)6-7-23(31)29-24-20(14-26)19-10-13-30(16-22(19)34-24)25(32)28-15-17-8-11-27-12-9-17/h2-5,8-9,11-12H,6-7,10,13,15-16H2,1H3,(H,28,32)(H,29,31). The quantitative estimate of drug-likeness (QED) is 0.540. The Labute approximate surface area is 202 Å². The maximum atomic E-state index is 12.7. The first-order valence-corrected chi connectivity index (χ1v) is 11.8. The van der Waals surface area contributed by atoms with Crippen molar-refractivity contribution in [3.63, 3.8) is 0 Å². The summed E-state index contributed by atoms with van der Waals surface area (Å²) in [4.78, 5) is 31.9. The maximum absolute atomic E-state index is 12.7. The van der Waals surface area contributed by atoms with Crippen LogP contribution in [-0.2, 0) is 30.7 Å². The summed E-state index contributed by atoms with van der Waals surface area (Å²) in [5.41, 5.74) is 3.36. The number of nitriles is 1. The Morgan fingerprint density at radius 3 is 2.79 bits per heavy atom. The van der Waals surface area contributed by atoms with Gasteiger partial charge in [0.25, 0.3) is 0 Å². The zero-order valence-corrected chi connectivity index (χ0v) is 19.7. The highest BCUT2D eigenvalue weighted by atomic mass is 32.1. The second kappa shape index (κ2) is 10.8. The summed E-state index contributed by atoms with van der Waals surface area (Å²) in [5.74, 6) is 0.592. The first-order valence-electron chi connectivity index (χ1n) is 11.0. The number of hydrogen-bond donors (Lipinski definition) is 2. The first-order chi connectivity index (χ1) is 16.6. The van der Waals surface area contributed by atoms with Gasteiger partial charge in [-0.25, -0.2) is 4.79 Å². The van der Waals surface area contributed by atoms with Gasteiger partial charge in [0.15, 0.2) is 0 Å². The topological polar surface area (TPSA) is 107 Å². The van der Waals surface area contributed by atoms with E-state index in [2.05, 4.69) is 21.7 Å². The molecule has 2 N–H and O–H groups in total. The van der Waals surface area contributed by atoms with E-state index < -0.39 is 0 Å². The van der Waals surface area contributed by atoms with E-state index in [1.54, 1.807) is 24.4 Å². The summed E-state index contributed by atoms with van der Waals surface area (Å²) in [6.45, 7) is 1.35. The van der Waals surface area contributed by atoms with Crippen molar-refractivity contribution in [1.82, 2.24) is 15.2 Å². The SMILES string of the molecule is COc1ccccc1CCC(=O)Nc1sc2c(c1C#N)CCN(C(=O)NCc1ccncc1)C2. The van der Waals surface area contributed by atoms with Crippen LogP contribution in [0.1, 0.15) is 33.6 Å². The number of benzene rings is 1. The molecule has 0 fully saturated rings. The van der Waals surface area contributed by atoms with Gasteiger partial charge >= 0.3 is 6.03 Å². The molecule has 0 spiro atoms. The number of hydrogen-bond acceptors (Lipinski definition) is 6. The minimum Gasteiger partial charge on any atom is -0.496 e. The molecule has 1 aromatic carbocycles. The van der Waals surface area contributed by atoms with E-state index in [9.17, 15) is 14.9 Å². The molecule has 0 saturated heterocycles. The van der Waals surface area contributed by atoms with Gasteiger partial charge in [0.1, 0.15) is 16.8 Å². The fourth-order valence-corrected chi connectivity index (χ4v) is 5.15. The number of rotatable bonds is 7. The van der Waals surface area contributed by atoms with Crippen molar-refractivity contribution in [1.29, 1.82) is 5.26 Å². The lowest BCUT2D eigenvalue weighted by Crippen LogP contribution is -2.42. The molecule has 0 atom stereocenters. The van der Waals surface area contributed by atoms with Crippen molar-refractivity contribution in [3.05, 3.63) is 75.9 Å². The number of amides is 3. The summed E-state index contributed by atoms with van der Waals surface area (Å²) in [7, 11) is 1.61. The molecule has 34 heavy (non-hydrogen) atoms. The molecule has 8 nitrogen and oxygen atoms in total. The van der Waals surface area contributed by atoms with Crippen molar-refractivity contribution in [2.45, 2.75) is 32.4 Å². The Bertz CT molecular complexity index is 1220. The number of thiophene rings is 1. The minimum atomic E-state index is -0.159. The van der Waals surface area contributed by atoms with Crippen molar-refractivity contribution in [2.75, 3.05) is 19.0 Å². The summed E-state index contributed by atoms with van der Waals surface area (Å²) in [5, 5.41) is 16.1. The first kappa shape index (κ1) is 23.3. The molecule has 2 aromatic heterocycles. The number of para-hydroxylation sites is 1. The monoisotopic (exact) mass is 475 g/mol. The van der Waals surface area contributed by atoms with Gasteiger partial charge in [0.05, 0.1) is 19.2 Å². The number of carbonyl (C=O) groups is 2. The number of urea groups is 1. The van der Waals surface area contributed by atoms with Gasteiger partial charge < -0.3 is 20.3 Å². The van der Waals surface area contributed by atoms with E-state index in [-0.39, 0.29) is 18.4 Å². The van der Waals surface area contributed by atoms with E-state index in [0.717, 1.165) is 27.3 Å². The fraction of sp³-hybridized carbons (Fsp3) is 0.280. The Hall–Kier alpha value is -3.90. The molecule has 0 unspecified atom stereocenters. The smallest absolute Gasteiger partial charge is 0.318 e. The van der Waals surface area contributed by atoms with Crippen LogP contribution in [0, 0.1) is 11.3 Å². The molecule has 9 heteroatoms. The number of carbonyl (C=O) groups excluding carboxylic acids is 2. The van der Waals surface area contributed by atoms with Crippen LogP contribution in [0.3, 0.4) is 0 Å². The van der Waals surface area contributed by atoms with E-state index in [1.807, 2.05) is 36.4 Å². The van der Waals surface area contributed by atoms with Crippen LogP contribution in [0.15, 0.2) is 48.8 Å². The van der Waals surface area contributed by atoms with Gasteiger partial charge in [0.2, 0.25) is 5.91 Å². The van der Waals surface area contributed by atoms with Crippen LogP contribution in [-0.4, -0.2) is 35.5 Å². The van der Waals surface area contributed by atoms with E-state index in [1.165, 1.54) is 11.3 Å². The van der Waals surface area contributed by atoms with Gasteiger partial charge in [-0.15, -0.1) is 11.3 Å². The number of methoxy groups -OCH3 is 1. The lowest BCUT2D eigenvalue weighted by molar-refractivity contribution is -0.116. The molecule has 4 rings (SSSR count). The molecule has 3 aromatic rings. The van der Waals surface area contributed by atoms with Crippen molar-refractivity contribution >= 4 is 28.3 Å². The molecule has 0 aliphatic carbocycles. The number of ether oxygens (including phenoxy) is 1. The Morgan fingerprint density at radius 1 is 1.24 bits per heavy atom. The van der Waals surface area contributed by atoms with Crippen molar-refractivity contribution in [3.8, 4) is 11.8 Å². The van der Waals surface area contributed by atoms with Crippen molar-refractivity contribution < 1.29 is 14.3 Å². The zero-order chi connectivity index (χ0) is 23.9. The molecule has 174 valence electrons. The van der Waals surface area contributed by atoms with Crippen LogP contribution in [0.5, 0.6) is 5.75 Å². The average molecular weight is 476 g/mol. The van der Waals surface area contributed by atoms with Crippen LogP contribution < -0.4 is 15.4 Å². The molecular weight excluding hydrogens is 450 g/mol. The van der Waals surface area contributed by atoms with E-state index in [4.69, 9.17) is 4.74 Å². The third kappa shape index (κ3) is 5.35. The highest BCUT2D eigenvalue weighted by molar-refractivity contribution is 7.16. The predicted molar refractivity (Wildman–Crippen MR) is 130 cm³/mol. The second-order valence-corrected chi connectivity index (χ2v) is 8.97. The third-order valence-corrected chi connectivity index (χ3v) is 6.85. The molecular formula is C25H25N5O3S. The summed E-state index contributed by atoms with van der Waals surface area (Å²) in [6, 6.07) is 13.4. The van der Waals surface area contributed by atoms with Gasteiger partial charge in [0, 0.05) is 36.8 Å². The van der Waals surface area contributed by atoms with E-state index in [0.29, 0.717) is 43.0 Å². The van der Waals surface area contributed by atoms with Gasteiger partial charge in [-0.2, -0.15) is 5.26 Å². The van der Waals surface area contributed by atoms with Crippen LogP contribution in [0.2, 0.25) is 0 Å². The lowest BCUT2D eigenvalue weighted by Gasteiger charge is -2.27. The molecule has 0 saturated carbocycles. The Morgan fingerprint density at radius 2 is 2.03 bits per heavy atom. The summed E-state index contributed by atoms with van der Waals surface area (Å²) in [6.07, 6.45) is 4.77. The lowest BCUT2D eigenvalue weighted by atomic mass is 10.0. The minimum absolute atomic E-state index is 0.156. The largest absolute Gasteiger partial charge is 0.496 e. The van der Waals surface area contributed by atoms with Gasteiger partial charge in [-0.3, -0.25) is 9.78 Å². The third-order valence-electron chi connectivity index (χ3n) is 5.72. The van der Waals surface area contributed by atoms with Crippen LogP contribution in [0.4, 0.5) is 9.80 Å². The number of nitrogens with one attached hydrogen (secondary N) is 2. The summed E-state index contributed by atoms with van der Waals surface area (Å²) >= 11 is 1.37. The number of fused-ring (bicyclic) bond motifs is 1. The highest BCUT2D eigenvalue weighted by Crippen LogP contribution is 2.36. The number of aromatic nitrogens is 1. The summed E-state index contributed by atoms with van der Waals surface area (Å²) < 4.78 is 5.35. The van der Waals surface area contributed by atoms with Crippen LogP contribution >= 0.6 is 11.3 Å². The van der Waals surface area contributed by atoms with Crippen molar-refractivity contribution in [2.24, 2.45) is 0 Å². The molecule has 3 heterocycles. The second-order valence-electron chi connectivity index (χ2n) is 7.87. The molecule has 3 amide bonds. The molecule has 0 bridgehead atoms. The molecule has 1 aliphatic rings. The van der Waals surface area contributed by atoms with Crippen LogP contribution in [0.25, 0.3) is 0 Å². The van der Waals surface area contributed by atoms with Gasteiger partial charge in [-0.05, 0) is 47.7 Å². The molecule has 0 radical (unpaired) electrons. The average Bonchev–Trinajstić information content (AvgIpc) is 3.22. The normalized spacial score (nSPS) is 12.4. The number of aryl methyl sites for hydroxylation is 1. The fourth-order valence-electron chi connectivity index (χ4n) is 3.92. The Balaban J connectivity index is 1.37. The zero-order valence-electron chi connectivity index (χ0n) is 18.8. The maximum Gasteiger partial charge on any atom is 0.318 e. The van der Waals surface area contributed by atoms with Gasteiger partial charge in [-0.1, -0.05) is 18.2 Å². The Kier molecular flexibility index (Phi) is 7.40.